The van der Waals surface area contributed by atoms with Gasteiger partial charge in [0.05, 0.1) is 6.61 Å². The summed E-state index contributed by atoms with van der Waals surface area (Å²) in [6.45, 7) is 2.88. The van der Waals surface area contributed by atoms with E-state index >= 15 is 0 Å². The van der Waals surface area contributed by atoms with Crippen LogP contribution in [-0.4, -0.2) is 93.4 Å². The predicted molar refractivity (Wildman–Crippen MR) is 136 cm³/mol. The first-order valence-electron chi connectivity index (χ1n) is 13.8. The molecule has 13 nitrogen and oxygen atoms in total. The number of aliphatic hydroxyl groups is 5. The summed E-state index contributed by atoms with van der Waals surface area (Å²) in [5.74, 6) is -1.17. The van der Waals surface area contributed by atoms with Crippen LogP contribution >= 0.6 is 7.82 Å². The Morgan fingerprint density at radius 3 is 1.68 bits per heavy atom. The fourth-order valence-electron chi connectivity index (χ4n) is 4.04. The zero-order valence-corrected chi connectivity index (χ0v) is 26.8. The van der Waals surface area contributed by atoms with Crippen molar-refractivity contribution in [3.8, 4) is 0 Å². The van der Waals surface area contributed by atoms with Gasteiger partial charge in [-0.2, -0.15) is 0 Å². The zero-order valence-electron chi connectivity index (χ0n) is 23.9. The first-order chi connectivity index (χ1) is 18.4. The summed E-state index contributed by atoms with van der Waals surface area (Å²) in [7, 11) is -5.32. The van der Waals surface area contributed by atoms with Crippen molar-refractivity contribution in [2.24, 2.45) is 0 Å². The number of unbranched alkanes of at least 4 members (excludes halogenated alkanes) is 8. The maximum atomic E-state index is 12.4. The Balaban J connectivity index is 0.0000152. The van der Waals surface area contributed by atoms with E-state index in [0.717, 1.165) is 51.4 Å². The Labute approximate surface area is 258 Å². The number of esters is 2. The average molecular weight is 609 g/mol. The van der Waals surface area contributed by atoms with E-state index in [4.69, 9.17) is 14.0 Å². The first-order valence-corrected chi connectivity index (χ1v) is 15.3. The average Bonchev–Trinajstić information content (AvgIpc) is 2.90. The van der Waals surface area contributed by atoms with Crippen LogP contribution in [0.1, 0.15) is 90.9 Å². The molecule has 5 N–H and O–H groups in total. The Kier molecular flexibility index (Phi) is 21.4. The summed E-state index contributed by atoms with van der Waals surface area (Å²) in [6.07, 6.45) is -4.14. The van der Waals surface area contributed by atoms with E-state index in [2.05, 4.69) is 18.4 Å². The number of hydrogen-bond acceptors (Lipinski definition) is 13. The molecular formula is C25H46NaO13P. The van der Waals surface area contributed by atoms with E-state index in [1.165, 1.54) is 0 Å². The van der Waals surface area contributed by atoms with E-state index in [0.29, 0.717) is 12.8 Å². The molecule has 0 aromatic rings. The maximum Gasteiger partial charge on any atom is 1.00 e. The van der Waals surface area contributed by atoms with Gasteiger partial charge in [-0.05, 0) is 12.8 Å². The second-order valence-electron chi connectivity index (χ2n) is 9.89. The molecule has 0 bridgehead atoms. The predicted octanol–water partition coefficient (Wildman–Crippen LogP) is -2.15. The van der Waals surface area contributed by atoms with Crippen molar-refractivity contribution in [2.75, 3.05) is 13.2 Å². The number of ether oxygens (including phenoxy) is 2. The third-order valence-electron chi connectivity index (χ3n) is 6.44. The van der Waals surface area contributed by atoms with Crippen molar-refractivity contribution in [2.45, 2.75) is 134 Å². The number of carbonyl (C=O) groups excluding carboxylic acids is 2. The van der Waals surface area contributed by atoms with Crippen LogP contribution in [0.15, 0.2) is 0 Å². The van der Waals surface area contributed by atoms with Gasteiger partial charge in [0, 0.05) is 12.8 Å². The first kappa shape index (κ1) is 39.8. The second-order valence-corrected chi connectivity index (χ2v) is 11.3. The van der Waals surface area contributed by atoms with Crippen molar-refractivity contribution in [3.63, 3.8) is 0 Å². The Bertz CT molecular complexity index is 742. The molecule has 0 heterocycles. The van der Waals surface area contributed by atoms with Crippen LogP contribution in [0.3, 0.4) is 0 Å². The van der Waals surface area contributed by atoms with Gasteiger partial charge in [-0.1, -0.05) is 65.2 Å². The molecule has 0 aromatic heterocycles. The van der Waals surface area contributed by atoms with Crippen molar-refractivity contribution in [3.05, 3.63) is 0 Å². The number of aliphatic hydroxyl groups excluding tert-OH is 5. The van der Waals surface area contributed by atoms with Crippen LogP contribution in [0, 0.1) is 0 Å². The normalized spacial score (nSPS) is 26.8. The maximum absolute atomic E-state index is 12.4. The minimum absolute atomic E-state index is 0. The van der Waals surface area contributed by atoms with Crippen LogP contribution in [0.25, 0.3) is 0 Å². The molecule has 0 radical (unpaired) electrons. The zero-order chi connectivity index (χ0) is 29.4. The van der Waals surface area contributed by atoms with Gasteiger partial charge in [0.1, 0.15) is 43.2 Å². The summed E-state index contributed by atoms with van der Waals surface area (Å²) >= 11 is 0. The molecule has 1 aliphatic carbocycles. The number of hydrogen-bond donors (Lipinski definition) is 5. The van der Waals surface area contributed by atoms with Gasteiger partial charge in [0.15, 0.2) is 6.10 Å². The van der Waals surface area contributed by atoms with E-state index in [1.54, 1.807) is 0 Å². The van der Waals surface area contributed by atoms with Crippen molar-refractivity contribution >= 4 is 19.8 Å². The van der Waals surface area contributed by atoms with E-state index in [9.17, 15) is 44.6 Å². The van der Waals surface area contributed by atoms with Gasteiger partial charge in [-0.25, -0.2) is 0 Å². The SMILES string of the molecule is CCCCCCCC(=O)OC[C@H](COP(=O)([O-])OC1[C@H](O)[C@H](O)C(O)[C@H](O)[C@H]1O)OC(=O)CCCCCCC.[Na+]. The summed E-state index contributed by atoms with van der Waals surface area (Å²) in [4.78, 5) is 36.8. The molecular weight excluding hydrogens is 562 g/mol. The van der Waals surface area contributed by atoms with Crippen LogP contribution in [0.2, 0.25) is 0 Å². The summed E-state index contributed by atoms with van der Waals surface area (Å²) in [6, 6.07) is 0. The van der Waals surface area contributed by atoms with Gasteiger partial charge >= 0.3 is 41.5 Å². The molecule has 0 amide bonds. The molecule has 15 heteroatoms. The molecule has 0 aromatic carbocycles. The standard InChI is InChI=1S/C25H47O13P.Na/c1-3-5-7-9-11-13-18(26)35-15-17(37-19(27)14-12-10-8-6-4-2)16-36-39(33,34)38-25-23(31)21(29)20(28)22(30)24(25)32;/h17,20-25,28-32H,3-16H2,1-2H3,(H,33,34);/q;+1/p-1/t17-,20?,21-,22+,23-,24-,25?;/m1./s1. The Hall–Kier alpha value is -0.150. The second kappa shape index (κ2) is 21.5. The quantitative estimate of drug-likeness (QED) is 0.0432. The Morgan fingerprint density at radius 1 is 0.725 bits per heavy atom. The molecule has 1 rings (SSSR count). The van der Waals surface area contributed by atoms with E-state index in [-0.39, 0.29) is 42.4 Å². The van der Waals surface area contributed by atoms with Gasteiger partial charge in [0.2, 0.25) is 0 Å². The minimum atomic E-state index is -5.32. The van der Waals surface area contributed by atoms with E-state index < -0.39 is 75.7 Å². The van der Waals surface area contributed by atoms with Gasteiger partial charge in [-0.15, -0.1) is 0 Å². The number of carbonyl (C=O) groups is 2. The topological polar surface area (TPSA) is 212 Å². The van der Waals surface area contributed by atoms with Crippen LogP contribution in [0.5, 0.6) is 0 Å². The minimum Gasteiger partial charge on any atom is -0.756 e. The molecule has 230 valence electrons. The van der Waals surface area contributed by atoms with Crippen molar-refractivity contribution in [1.29, 1.82) is 0 Å². The third-order valence-corrected chi connectivity index (χ3v) is 7.41. The molecule has 0 spiro atoms. The van der Waals surface area contributed by atoms with Crippen LogP contribution in [-0.2, 0) is 32.7 Å². The van der Waals surface area contributed by atoms with Crippen molar-refractivity contribution in [1.82, 2.24) is 0 Å². The summed E-state index contributed by atoms with van der Waals surface area (Å²) in [5.41, 5.74) is 0. The largest absolute Gasteiger partial charge is 1.00 e. The molecule has 0 saturated heterocycles. The van der Waals surface area contributed by atoms with Crippen LogP contribution in [0.4, 0.5) is 0 Å². The molecule has 3 unspecified atom stereocenters. The third kappa shape index (κ3) is 15.4. The number of phosphoric acid groups is 1. The summed E-state index contributed by atoms with van der Waals surface area (Å²) in [5, 5.41) is 49.2. The summed E-state index contributed by atoms with van der Waals surface area (Å²) < 4.78 is 32.3. The number of phosphoric ester groups is 1. The smallest absolute Gasteiger partial charge is 0.756 e. The van der Waals surface area contributed by atoms with Gasteiger partial charge in [-0.3, -0.25) is 14.2 Å². The Morgan fingerprint density at radius 2 is 1.18 bits per heavy atom. The molecule has 8 atom stereocenters. The van der Waals surface area contributed by atoms with Crippen LogP contribution < -0.4 is 34.5 Å². The molecule has 0 aliphatic heterocycles. The van der Waals surface area contributed by atoms with Gasteiger partial charge in [0.25, 0.3) is 7.82 Å². The monoisotopic (exact) mass is 608 g/mol. The molecule has 1 fully saturated rings. The fourth-order valence-corrected chi connectivity index (χ4v) is 5.00. The van der Waals surface area contributed by atoms with Gasteiger partial charge < -0.3 is 48.9 Å². The number of rotatable bonds is 20. The van der Waals surface area contributed by atoms with Crippen molar-refractivity contribution < 1.29 is 92.7 Å². The molecule has 1 saturated carbocycles. The molecule has 40 heavy (non-hydrogen) atoms. The van der Waals surface area contributed by atoms with E-state index in [1.807, 2.05) is 0 Å². The fraction of sp³-hybridized carbons (Fsp3) is 0.920. The molecule has 1 aliphatic rings.